The summed E-state index contributed by atoms with van der Waals surface area (Å²) in [5, 5.41) is 2.89. The Morgan fingerprint density at radius 2 is 2.00 bits per heavy atom. The Morgan fingerprint density at radius 1 is 1.41 bits per heavy atom. The van der Waals surface area contributed by atoms with Crippen molar-refractivity contribution in [2.24, 2.45) is 7.05 Å². The summed E-state index contributed by atoms with van der Waals surface area (Å²) in [6.07, 6.45) is 2.27. The van der Waals surface area contributed by atoms with Crippen LogP contribution in [-0.4, -0.2) is 38.0 Å². The van der Waals surface area contributed by atoms with Gasteiger partial charge in [-0.3, -0.25) is 4.68 Å². The molecule has 1 rings (SSSR count). The molecule has 0 aromatic carbocycles. The number of nitrogens with one attached hydrogen (secondary N) is 1. The fourth-order valence-corrected chi connectivity index (χ4v) is 4.10. The number of sulfone groups is 1. The van der Waals surface area contributed by atoms with Crippen LogP contribution in [0.25, 0.3) is 0 Å². The molecular formula is C7H14N4O4S2. The van der Waals surface area contributed by atoms with Gasteiger partial charge in [0.2, 0.25) is 10.0 Å². The van der Waals surface area contributed by atoms with Gasteiger partial charge in [0, 0.05) is 25.4 Å². The van der Waals surface area contributed by atoms with E-state index in [0.29, 0.717) is 11.4 Å². The molecule has 0 aliphatic rings. The van der Waals surface area contributed by atoms with Crippen molar-refractivity contribution in [2.45, 2.75) is 6.54 Å². The summed E-state index contributed by atoms with van der Waals surface area (Å²) in [5.74, 6) is 0.326. The van der Waals surface area contributed by atoms with Crippen LogP contribution in [0.1, 0.15) is 5.56 Å². The van der Waals surface area contributed by atoms with Crippen LogP contribution in [-0.2, 0) is 33.5 Å². The molecule has 0 radical (unpaired) electrons. The van der Waals surface area contributed by atoms with E-state index in [0.717, 1.165) is 6.26 Å². The van der Waals surface area contributed by atoms with Crippen LogP contribution >= 0.6 is 0 Å². The second kappa shape index (κ2) is 4.63. The second-order valence-electron chi connectivity index (χ2n) is 3.66. The molecule has 0 unspecified atom stereocenters. The summed E-state index contributed by atoms with van der Waals surface area (Å²) in [4.78, 5) is 0. The molecule has 17 heavy (non-hydrogen) atoms. The van der Waals surface area contributed by atoms with Crippen LogP contribution in [0.3, 0.4) is 0 Å². The zero-order chi connectivity index (χ0) is 13.3. The number of aromatic nitrogens is 2. The molecule has 10 heteroatoms. The van der Waals surface area contributed by atoms with Gasteiger partial charge in [0.05, 0.1) is 6.20 Å². The molecule has 1 aromatic rings. The van der Waals surface area contributed by atoms with Gasteiger partial charge >= 0.3 is 0 Å². The predicted molar refractivity (Wildman–Crippen MR) is 63.1 cm³/mol. The Bertz CT molecular complexity index is 602. The number of nitrogens with zero attached hydrogens (tertiary/aromatic N) is 2. The maximum absolute atomic E-state index is 11.4. The lowest BCUT2D eigenvalue weighted by Gasteiger charge is -2.05. The molecule has 0 spiro atoms. The molecular weight excluding hydrogens is 268 g/mol. The SMILES string of the molecule is Cn1ncc(CNS(=O)(=O)CS(C)(=O)=O)c1N. The highest BCUT2D eigenvalue weighted by atomic mass is 32.3. The molecule has 0 aliphatic carbocycles. The average Bonchev–Trinajstić information content (AvgIpc) is 2.41. The zero-order valence-electron chi connectivity index (χ0n) is 9.41. The quantitative estimate of drug-likeness (QED) is 0.672. The lowest BCUT2D eigenvalue weighted by molar-refractivity contribution is 0.580. The number of sulfonamides is 1. The highest BCUT2D eigenvalue weighted by molar-refractivity contribution is 8.06. The van der Waals surface area contributed by atoms with E-state index in [1.807, 2.05) is 0 Å². The fourth-order valence-electron chi connectivity index (χ4n) is 1.14. The van der Waals surface area contributed by atoms with E-state index in [2.05, 4.69) is 9.82 Å². The van der Waals surface area contributed by atoms with Gasteiger partial charge in [0.1, 0.15) is 5.82 Å². The Kier molecular flexibility index (Phi) is 3.79. The van der Waals surface area contributed by atoms with Crippen molar-refractivity contribution in [3.05, 3.63) is 11.8 Å². The number of nitrogens with two attached hydrogens (primary N) is 1. The molecule has 8 nitrogen and oxygen atoms in total. The molecule has 0 aliphatic heterocycles. The Labute approximate surface area is 99.8 Å². The van der Waals surface area contributed by atoms with E-state index in [1.54, 1.807) is 7.05 Å². The van der Waals surface area contributed by atoms with E-state index in [4.69, 9.17) is 5.73 Å². The first-order valence-corrected chi connectivity index (χ1v) is 8.23. The topological polar surface area (TPSA) is 124 Å². The molecule has 0 bridgehead atoms. The average molecular weight is 282 g/mol. The normalized spacial score (nSPS) is 12.8. The third kappa shape index (κ3) is 4.32. The summed E-state index contributed by atoms with van der Waals surface area (Å²) < 4.78 is 48.0. The first-order valence-electron chi connectivity index (χ1n) is 4.52. The van der Waals surface area contributed by atoms with Crippen molar-refractivity contribution >= 4 is 25.7 Å². The summed E-state index contributed by atoms with van der Waals surface area (Å²) in [6, 6.07) is 0. The Morgan fingerprint density at radius 3 is 2.41 bits per heavy atom. The first kappa shape index (κ1) is 13.9. The number of anilines is 1. The molecule has 0 fully saturated rings. The van der Waals surface area contributed by atoms with Crippen molar-refractivity contribution in [1.29, 1.82) is 0 Å². The minimum Gasteiger partial charge on any atom is -0.384 e. The van der Waals surface area contributed by atoms with E-state index < -0.39 is 24.9 Å². The standard InChI is InChI=1S/C7H14N4O4S2/c1-11-7(8)6(3-9-11)4-10-17(14,15)5-16(2,12)13/h3,10H,4-5,8H2,1-2H3. The molecule has 0 saturated heterocycles. The number of hydrogen-bond acceptors (Lipinski definition) is 6. The number of hydrogen-bond donors (Lipinski definition) is 2. The van der Waals surface area contributed by atoms with Crippen molar-refractivity contribution in [1.82, 2.24) is 14.5 Å². The minimum absolute atomic E-state index is 0.0858. The minimum atomic E-state index is -3.88. The summed E-state index contributed by atoms with van der Waals surface area (Å²) in [5.41, 5.74) is 6.10. The molecule has 0 saturated carbocycles. The summed E-state index contributed by atoms with van der Waals surface area (Å²) in [6.45, 7) is -0.0858. The third-order valence-corrected chi connectivity index (χ3v) is 5.45. The number of rotatable bonds is 5. The van der Waals surface area contributed by atoms with Gasteiger partial charge < -0.3 is 5.73 Å². The predicted octanol–water partition coefficient (Wildman–Crippen LogP) is -1.58. The van der Waals surface area contributed by atoms with Gasteiger partial charge in [-0.25, -0.2) is 21.6 Å². The summed E-state index contributed by atoms with van der Waals surface area (Å²) in [7, 11) is -5.85. The van der Waals surface area contributed by atoms with E-state index in [1.165, 1.54) is 10.9 Å². The Balaban J connectivity index is 2.72. The van der Waals surface area contributed by atoms with E-state index >= 15 is 0 Å². The molecule has 3 N–H and O–H groups in total. The lowest BCUT2D eigenvalue weighted by Crippen LogP contribution is -2.29. The zero-order valence-corrected chi connectivity index (χ0v) is 11.0. The van der Waals surface area contributed by atoms with Crippen LogP contribution in [0.5, 0.6) is 0 Å². The van der Waals surface area contributed by atoms with Gasteiger partial charge in [0.15, 0.2) is 14.9 Å². The maximum Gasteiger partial charge on any atom is 0.226 e. The fraction of sp³-hybridized carbons (Fsp3) is 0.571. The molecule has 1 heterocycles. The van der Waals surface area contributed by atoms with Gasteiger partial charge in [-0.2, -0.15) is 5.10 Å². The molecule has 0 atom stereocenters. The number of nitrogen functional groups attached to an aromatic ring is 1. The van der Waals surface area contributed by atoms with Gasteiger partial charge in [0.25, 0.3) is 0 Å². The van der Waals surface area contributed by atoms with Gasteiger partial charge in [-0.15, -0.1) is 0 Å². The molecule has 0 amide bonds. The lowest BCUT2D eigenvalue weighted by atomic mass is 10.3. The summed E-state index contributed by atoms with van der Waals surface area (Å²) >= 11 is 0. The van der Waals surface area contributed by atoms with Gasteiger partial charge in [-0.05, 0) is 0 Å². The largest absolute Gasteiger partial charge is 0.384 e. The van der Waals surface area contributed by atoms with Crippen molar-refractivity contribution in [3.8, 4) is 0 Å². The molecule has 98 valence electrons. The van der Waals surface area contributed by atoms with Crippen LogP contribution in [0.15, 0.2) is 6.20 Å². The van der Waals surface area contributed by atoms with Crippen LogP contribution in [0.4, 0.5) is 5.82 Å². The van der Waals surface area contributed by atoms with Crippen LogP contribution in [0, 0.1) is 0 Å². The van der Waals surface area contributed by atoms with Gasteiger partial charge in [-0.1, -0.05) is 0 Å². The second-order valence-corrected chi connectivity index (χ2v) is 7.97. The van der Waals surface area contributed by atoms with E-state index in [9.17, 15) is 16.8 Å². The smallest absolute Gasteiger partial charge is 0.226 e. The number of aryl methyl sites for hydroxylation is 1. The maximum atomic E-state index is 11.4. The van der Waals surface area contributed by atoms with Crippen molar-refractivity contribution in [3.63, 3.8) is 0 Å². The third-order valence-electron chi connectivity index (χ3n) is 1.92. The van der Waals surface area contributed by atoms with Crippen LogP contribution < -0.4 is 10.5 Å². The Hall–Kier alpha value is -1.13. The first-order chi connectivity index (χ1) is 7.61. The monoisotopic (exact) mass is 282 g/mol. The van der Waals surface area contributed by atoms with E-state index in [-0.39, 0.29) is 6.54 Å². The van der Waals surface area contributed by atoms with Crippen LogP contribution in [0.2, 0.25) is 0 Å². The highest BCUT2D eigenvalue weighted by Crippen LogP contribution is 2.09. The highest BCUT2D eigenvalue weighted by Gasteiger charge is 2.18. The molecule has 1 aromatic heterocycles. The van der Waals surface area contributed by atoms with Crippen molar-refractivity contribution in [2.75, 3.05) is 17.1 Å². The van der Waals surface area contributed by atoms with Crippen molar-refractivity contribution < 1.29 is 16.8 Å².